The van der Waals surface area contributed by atoms with E-state index in [0.717, 1.165) is 5.56 Å². The fourth-order valence-corrected chi connectivity index (χ4v) is 3.36. The first-order chi connectivity index (χ1) is 14.5. The SMILES string of the molecule is COc1ccc(N(C)C(=O)c2c(-c3ccc(Cl)cc3)nc3ncccn23)c(OC)c1. The number of halogens is 1. The van der Waals surface area contributed by atoms with Gasteiger partial charge in [0.2, 0.25) is 5.78 Å². The molecule has 0 aliphatic carbocycles. The van der Waals surface area contributed by atoms with Crippen LogP contribution in [0, 0.1) is 0 Å². The number of methoxy groups -OCH3 is 2. The second kappa shape index (κ2) is 8.04. The first-order valence-corrected chi connectivity index (χ1v) is 9.50. The summed E-state index contributed by atoms with van der Waals surface area (Å²) in [6.45, 7) is 0. The minimum absolute atomic E-state index is 0.260. The summed E-state index contributed by atoms with van der Waals surface area (Å²) in [5, 5.41) is 0.605. The molecule has 0 N–H and O–H groups in total. The zero-order chi connectivity index (χ0) is 21.3. The molecule has 2 heterocycles. The van der Waals surface area contributed by atoms with E-state index >= 15 is 0 Å². The van der Waals surface area contributed by atoms with E-state index < -0.39 is 0 Å². The van der Waals surface area contributed by atoms with Gasteiger partial charge in [0.15, 0.2) is 0 Å². The number of benzene rings is 2. The van der Waals surface area contributed by atoms with Crippen LogP contribution >= 0.6 is 11.6 Å². The summed E-state index contributed by atoms with van der Waals surface area (Å²) in [6, 6.07) is 14.2. The lowest BCUT2D eigenvalue weighted by atomic mass is 10.1. The van der Waals surface area contributed by atoms with Crippen molar-refractivity contribution < 1.29 is 14.3 Å². The van der Waals surface area contributed by atoms with Gasteiger partial charge in [-0.1, -0.05) is 23.7 Å². The van der Waals surface area contributed by atoms with E-state index in [2.05, 4.69) is 9.97 Å². The fraction of sp³-hybridized carbons (Fsp3) is 0.136. The summed E-state index contributed by atoms with van der Waals surface area (Å²) < 4.78 is 12.4. The maximum atomic E-state index is 13.6. The smallest absolute Gasteiger partial charge is 0.277 e. The molecule has 4 rings (SSSR count). The van der Waals surface area contributed by atoms with Crippen LogP contribution in [0.4, 0.5) is 5.69 Å². The number of anilines is 1. The zero-order valence-electron chi connectivity index (χ0n) is 16.7. The highest BCUT2D eigenvalue weighted by Gasteiger charge is 2.26. The summed E-state index contributed by atoms with van der Waals surface area (Å²) in [6.07, 6.45) is 3.40. The third kappa shape index (κ3) is 3.44. The maximum absolute atomic E-state index is 13.6. The Morgan fingerprint density at radius 1 is 1.10 bits per heavy atom. The number of aromatic nitrogens is 3. The van der Waals surface area contributed by atoms with Crippen molar-refractivity contribution in [3.8, 4) is 22.8 Å². The maximum Gasteiger partial charge on any atom is 0.277 e. The normalized spacial score (nSPS) is 10.8. The molecule has 2 aromatic carbocycles. The number of rotatable bonds is 5. The molecule has 4 aromatic rings. The monoisotopic (exact) mass is 422 g/mol. The van der Waals surface area contributed by atoms with Gasteiger partial charge in [-0.05, 0) is 30.3 Å². The molecule has 0 bridgehead atoms. The zero-order valence-corrected chi connectivity index (χ0v) is 17.4. The van der Waals surface area contributed by atoms with E-state index in [0.29, 0.717) is 39.4 Å². The minimum Gasteiger partial charge on any atom is -0.497 e. The molecule has 8 heteroatoms. The van der Waals surface area contributed by atoms with E-state index in [1.807, 2.05) is 12.1 Å². The van der Waals surface area contributed by atoms with Crippen molar-refractivity contribution in [2.24, 2.45) is 0 Å². The highest BCUT2D eigenvalue weighted by Crippen LogP contribution is 2.34. The Morgan fingerprint density at radius 2 is 1.87 bits per heavy atom. The molecule has 1 amide bonds. The largest absolute Gasteiger partial charge is 0.497 e. The highest BCUT2D eigenvalue weighted by atomic mass is 35.5. The second-order valence-corrected chi connectivity index (χ2v) is 6.94. The predicted octanol–water partition coefficient (Wildman–Crippen LogP) is 4.34. The quantitative estimate of drug-likeness (QED) is 0.478. The number of fused-ring (bicyclic) bond motifs is 1. The Morgan fingerprint density at radius 3 is 2.57 bits per heavy atom. The van der Waals surface area contributed by atoms with Crippen LogP contribution in [-0.4, -0.2) is 41.5 Å². The summed E-state index contributed by atoms with van der Waals surface area (Å²) in [5.41, 5.74) is 2.28. The predicted molar refractivity (Wildman–Crippen MR) is 116 cm³/mol. The number of carbonyl (C=O) groups is 1. The molecule has 0 spiro atoms. The van der Waals surface area contributed by atoms with Crippen LogP contribution in [0.3, 0.4) is 0 Å². The molecule has 2 aromatic heterocycles. The van der Waals surface area contributed by atoms with Crippen LogP contribution < -0.4 is 14.4 Å². The lowest BCUT2D eigenvalue weighted by Gasteiger charge is -2.21. The lowest BCUT2D eigenvalue weighted by molar-refractivity contribution is 0.0987. The van der Waals surface area contributed by atoms with Crippen LogP contribution in [0.25, 0.3) is 17.0 Å². The molecule has 0 aliphatic heterocycles. The van der Waals surface area contributed by atoms with Gasteiger partial charge >= 0.3 is 0 Å². The van der Waals surface area contributed by atoms with Crippen molar-refractivity contribution in [3.05, 3.63) is 71.6 Å². The van der Waals surface area contributed by atoms with Crippen molar-refractivity contribution in [3.63, 3.8) is 0 Å². The van der Waals surface area contributed by atoms with Crippen molar-refractivity contribution >= 4 is 29.0 Å². The number of ether oxygens (including phenoxy) is 2. The molecule has 152 valence electrons. The van der Waals surface area contributed by atoms with Gasteiger partial charge in [0.25, 0.3) is 5.91 Å². The summed E-state index contributed by atoms with van der Waals surface area (Å²) in [7, 11) is 4.81. The van der Waals surface area contributed by atoms with Crippen molar-refractivity contribution in [1.82, 2.24) is 14.4 Å². The van der Waals surface area contributed by atoms with Gasteiger partial charge in [-0.2, -0.15) is 0 Å². The first-order valence-electron chi connectivity index (χ1n) is 9.12. The fourth-order valence-electron chi connectivity index (χ4n) is 3.23. The van der Waals surface area contributed by atoms with Gasteiger partial charge in [-0.25, -0.2) is 9.97 Å². The average Bonchev–Trinajstić information content (AvgIpc) is 3.17. The van der Waals surface area contributed by atoms with E-state index in [1.54, 1.807) is 74.5 Å². The third-order valence-corrected chi connectivity index (χ3v) is 5.03. The molecule has 0 aliphatic rings. The van der Waals surface area contributed by atoms with Gasteiger partial charge in [-0.3, -0.25) is 9.20 Å². The molecule has 0 fully saturated rings. The molecule has 0 radical (unpaired) electrons. The van der Waals surface area contributed by atoms with Crippen LogP contribution in [0.5, 0.6) is 11.5 Å². The number of amides is 1. The standard InChI is InChI=1S/C22H19ClN4O3/c1-26(17-10-9-16(29-2)13-18(17)30-3)21(28)20-19(14-5-7-15(23)8-6-14)25-22-24-11-4-12-27(20)22/h4-13H,1-3H3. The van der Waals surface area contributed by atoms with Gasteiger partial charge in [0.05, 0.1) is 19.9 Å². The van der Waals surface area contributed by atoms with Crippen molar-refractivity contribution in [1.29, 1.82) is 0 Å². The molecular weight excluding hydrogens is 404 g/mol. The first kappa shape index (κ1) is 19.7. The van der Waals surface area contributed by atoms with Crippen LogP contribution in [-0.2, 0) is 0 Å². The molecule has 0 saturated carbocycles. The molecule has 0 saturated heterocycles. The van der Waals surface area contributed by atoms with Crippen molar-refractivity contribution in [2.75, 3.05) is 26.2 Å². The summed E-state index contributed by atoms with van der Waals surface area (Å²) >= 11 is 6.03. The number of nitrogens with zero attached hydrogens (tertiary/aromatic N) is 4. The highest BCUT2D eigenvalue weighted by molar-refractivity contribution is 6.30. The number of imidazole rings is 1. The number of carbonyl (C=O) groups excluding carboxylic acids is 1. The molecule has 0 atom stereocenters. The van der Waals surface area contributed by atoms with Gasteiger partial charge < -0.3 is 14.4 Å². The third-order valence-electron chi connectivity index (χ3n) is 4.78. The Balaban J connectivity index is 1.85. The van der Waals surface area contributed by atoms with Gasteiger partial charge in [0.1, 0.15) is 22.9 Å². The Labute approximate surface area is 178 Å². The Kier molecular flexibility index (Phi) is 5.29. The molecule has 30 heavy (non-hydrogen) atoms. The van der Waals surface area contributed by atoms with E-state index in [1.165, 1.54) is 4.90 Å². The Bertz CT molecular complexity index is 1220. The van der Waals surface area contributed by atoms with E-state index in [9.17, 15) is 4.79 Å². The molecular formula is C22H19ClN4O3. The van der Waals surface area contributed by atoms with E-state index in [-0.39, 0.29) is 5.91 Å². The van der Waals surface area contributed by atoms with Gasteiger partial charge in [0, 0.05) is 36.1 Å². The number of hydrogen-bond donors (Lipinski definition) is 0. The van der Waals surface area contributed by atoms with Gasteiger partial charge in [-0.15, -0.1) is 0 Å². The Hall–Kier alpha value is -3.58. The minimum atomic E-state index is -0.260. The number of hydrogen-bond acceptors (Lipinski definition) is 5. The average molecular weight is 423 g/mol. The topological polar surface area (TPSA) is 69.0 Å². The summed E-state index contributed by atoms with van der Waals surface area (Å²) in [5.74, 6) is 1.33. The second-order valence-electron chi connectivity index (χ2n) is 6.51. The van der Waals surface area contributed by atoms with Crippen LogP contribution in [0.1, 0.15) is 10.5 Å². The lowest BCUT2D eigenvalue weighted by Crippen LogP contribution is -2.28. The van der Waals surface area contributed by atoms with E-state index in [4.69, 9.17) is 21.1 Å². The van der Waals surface area contributed by atoms with Crippen LogP contribution in [0.15, 0.2) is 60.9 Å². The van der Waals surface area contributed by atoms with Crippen LogP contribution in [0.2, 0.25) is 5.02 Å². The summed E-state index contributed by atoms with van der Waals surface area (Å²) in [4.78, 5) is 24.0. The molecule has 7 nitrogen and oxygen atoms in total. The van der Waals surface area contributed by atoms with Crippen molar-refractivity contribution in [2.45, 2.75) is 0 Å². The molecule has 0 unspecified atom stereocenters.